The minimum Gasteiger partial charge on any atom is -0.407 e. The van der Waals surface area contributed by atoms with E-state index in [-0.39, 0.29) is 17.8 Å². The molecule has 0 amide bonds. The number of alkyl halides is 3. The molecule has 1 rings (SSSR count). The molecule has 0 N–H and O–H groups in total. The Morgan fingerprint density at radius 1 is 1.54 bits per heavy atom. The van der Waals surface area contributed by atoms with Crippen molar-refractivity contribution in [1.29, 1.82) is 0 Å². The van der Waals surface area contributed by atoms with Gasteiger partial charge in [0.25, 0.3) is 6.43 Å². The lowest BCUT2D eigenvalue weighted by Crippen LogP contribution is -2.24. The van der Waals surface area contributed by atoms with Crippen LogP contribution in [-0.2, 0) is 5.88 Å². The fourth-order valence-corrected chi connectivity index (χ4v) is 0.846. The van der Waals surface area contributed by atoms with Gasteiger partial charge in [0.1, 0.15) is 5.88 Å². The molecule has 13 heavy (non-hydrogen) atoms. The second-order valence-electron chi connectivity index (χ2n) is 2.38. The summed E-state index contributed by atoms with van der Waals surface area (Å²) in [6, 6.07) is 0.0518. The SMILES string of the molecule is CN(CC(F)F)c1nnc(CCl)o1. The van der Waals surface area contributed by atoms with Gasteiger partial charge < -0.3 is 9.32 Å². The quantitative estimate of drug-likeness (QED) is 0.708. The smallest absolute Gasteiger partial charge is 0.318 e. The number of hydrogen-bond donors (Lipinski definition) is 0. The summed E-state index contributed by atoms with van der Waals surface area (Å²) in [5.41, 5.74) is 0. The Balaban J connectivity index is 2.60. The largest absolute Gasteiger partial charge is 0.407 e. The normalized spacial score (nSPS) is 10.8. The van der Waals surface area contributed by atoms with Crippen LogP contribution in [0.25, 0.3) is 0 Å². The van der Waals surface area contributed by atoms with Crippen molar-refractivity contribution in [3.63, 3.8) is 0 Å². The van der Waals surface area contributed by atoms with E-state index in [4.69, 9.17) is 16.0 Å². The minimum absolute atomic E-state index is 0.0518. The van der Waals surface area contributed by atoms with E-state index in [1.165, 1.54) is 11.9 Å². The van der Waals surface area contributed by atoms with Crippen molar-refractivity contribution in [3.05, 3.63) is 5.89 Å². The molecule has 7 heteroatoms. The highest BCUT2D eigenvalue weighted by molar-refractivity contribution is 6.16. The molecule has 1 heterocycles. The highest BCUT2D eigenvalue weighted by Gasteiger charge is 2.14. The molecule has 0 radical (unpaired) electrons. The van der Waals surface area contributed by atoms with E-state index in [2.05, 4.69) is 10.2 Å². The third kappa shape index (κ3) is 2.80. The van der Waals surface area contributed by atoms with Crippen LogP contribution in [0.4, 0.5) is 14.8 Å². The van der Waals surface area contributed by atoms with Crippen LogP contribution in [0.1, 0.15) is 5.89 Å². The van der Waals surface area contributed by atoms with Crippen LogP contribution in [0.15, 0.2) is 4.42 Å². The average Bonchev–Trinajstić information content (AvgIpc) is 2.50. The molecule has 0 saturated carbocycles. The summed E-state index contributed by atoms with van der Waals surface area (Å²) in [6.45, 7) is -0.441. The summed E-state index contributed by atoms with van der Waals surface area (Å²) in [6.07, 6.45) is -2.43. The van der Waals surface area contributed by atoms with Gasteiger partial charge in [0.2, 0.25) is 5.89 Å². The van der Waals surface area contributed by atoms with Gasteiger partial charge in [0.05, 0.1) is 6.54 Å². The zero-order valence-corrected chi connectivity index (χ0v) is 7.63. The van der Waals surface area contributed by atoms with Gasteiger partial charge in [-0.05, 0) is 0 Å². The van der Waals surface area contributed by atoms with E-state index in [9.17, 15) is 8.78 Å². The Hall–Kier alpha value is -0.910. The molecule has 0 spiro atoms. The van der Waals surface area contributed by atoms with Crippen molar-refractivity contribution >= 4 is 17.6 Å². The molecule has 0 aliphatic carbocycles. The molecule has 1 aromatic heterocycles. The van der Waals surface area contributed by atoms with Crippen LogP contribution >= 0.6 is 11.6 Å². The molecule has 0 saturated heterocycles. The summed E-state index contributed by atoms with van der Waals surface area (Å²) >= 11 is 5.39. The molecular weight excluding hydrogens is 204 g/mol. The number of halogens is 3. The van der Waals surface area contributed by atoms with E-state index in [1.807, 2.05) is 0 Å². The molecule has 0 aliphatic rings. The van der Waals surface area contributed by atoms with Crippen LogP contribution in [0.3, 0.4) is 0 Å². The topological polar surface area (TPSA) is 42.2 Å². The number of hydrogen-bond acceptors (Lipinski definition) is 4. The molecule has 0 aliphatic heterocycles. The van der Waals surface area contributed by atoms with Gasteiger partial charge in [-0.1, -0.05) is 5.10 Å². The summed E-state index contributed by atoms with van der Waals surface area (Å²) in [5.74, 6) is 0.299. The maximum Gasteiger partial charge on any atom is 0.318 e. The molecule has 0 aromatic carbocycles. The second kappa shape index (κ2) is 4.36. The number of rotatable bonds is 4. The van der Waals surface area contributed by atoms with Crippen molar-refractivity contribution in [3.8, 4) is 0 Å². The van der Waals surface area contributed by atoms with Crippen LogP contribution in [-0.4, -0.2) is 30.2 Å². The summed E-state index contributed by atoms with van der Waals surface area (Å²) < 4.78 is 28.7. The summed E-state index contributed by atoms with van der Waals surface area (Å²) in [7, 11) is 1.44. The fourth-order valence-electron chi connectivity index (χ4n) is 0.738. The maximum atomic E-state index is 11.9. The van der Waals surface area contributed by atoms with Crippen molar-refractivity contribution in [2.45, 2.75) is 12.3 Å². The standard InChI is InChI=1S/C6H8ClF2N3O/c1-12(3-4(8)9)6-11-10-5(2-7)13-6/h4H,2-3H2,1H3. The zero-order chi connectivity index (χ0) is 9.84. The highest BCUT2D eigenvalue weighted by Crippen LogP contribution is 2.12. The lowest BCUT2D eigenvalue weighted by Gasteiger charge is -2.11. The van der Waals surface area contributed by atoms with E-state index >= 15 is 0 Å². The number of nitrogens with zero attached hydrogens (tertiary/aromatic N) is 3. The van der Waals surface area contributed by atoms with Gasteiger partial charge in [-0.2, -0.15) is 0 Å². The second-order valence-corrected chi connectivity index (χ2v) is 2.65. The Labute approximate surface area is 78.5 Å². The molecule has 0 bridgehead atoms. The zero-order valence-electron chi connectivity index (χ0n) is 6.88. The van der Waals surface area contributed by atoms with Gasteiger partial charge >= 0.3 is 6.01 Å². The van der Waals surface area contributed by atoms with Gasteiger partial charge in [-0.25, -0.2) is 8.78 Å². The van der Waals surface area contributed by atoms with Gasteiger partial charge in [-0.15, -0.1) is 16.7 Å². The molecule has 1 aromatic rings. The number of anilines is 1. The first-order valence-corrected chi connectivity index (χ1v) is 4.04. The van der Waals surface area contributed by atoms with Crippen LogP contribution in [0.5, 0.6) is 0 Å². The van der Waals surface area contributed by atoms with E-state index < -0.39 is 13.0 Å². The monoisotopic (exact) mass is 211 g/mol. The Morgan fingerprint density at radius 2 is 2.23 bits per heavy atom. The summed E-state index contributed by atoms with van der Waals surface area (Å²) in [4.78, 5) is 1.17. The Morgan fingerprint density at radius 3 is 2.69 bits per heavy atom. The minimum atomic E-state index is -2.43. The third-order valence-electron chi connectivity index (χ3n) is 1.31. The molecule has 4 nitrogen and oxygen atoms in total. The number of aromatic nitrogens is 2. The van der Waals surface area contributed by atoms with Crippen molar-refractivity contribution < 1.29 is 13.2 Å². The van der Waals surface area contributed by atoms with Crippen molar-refractivity contribution in [2.24, 2.45) is 0 Å². The van der Waals surface area contributed by atoms with E-state index in [0.717, 1.165) is 0 Å². The molecular formula is C6H8ClF2N3O. The third-order valence-corrected chi connectivity index (χ3v) is 1.54. The van der Waals surface area contributed by atoms with Gasteiger partial charge in [0.15, 0.2) is 0 Å². The van der Waals surface area contributed by atoms with Gasteiger partial charge in [0, 0.05) is 7.05 Å². The van der Waals surface area contributed by atoms with E-state index in [0.29, 0.717) is 0 Å². The summed E-state index contributed by atoms with van der Waals surface area (Å²) in [5, 5.41) is 7.06. The van der Waals surface area contributed by atoms with Gasteiger partial charge in [-0.3, -0.25) is 0 Å². The van der Waals surface area contributed by atoms with E-state index in [1.54, 1.807) is 0 Å². The predicted molar refractivity (Wildman–Crippen MR) is 43.1 cm³/mol. The molecule has 0 fully saturated rings. The molecule has 0 atom stereocenters. The molecule has 74 valence electrons. The lowest BCUT2D eigenvalue weighted by molar-refractivity contribution is 0.155. The van der Waals surface area contributed by atoms with Crippen LogP contribution in [0.2, 0.25) is 0 Å². The molecule has 0 unspecified atom stereocenters. The first-order chi connectivity index (χ1) is 6.13. The van der Waals surface area contributed by atoms with Crippen LogP contribution in [0, 0.1) is 0 Å². The average molecular weight is 212 g/mol. The first-order valence-electron chi connectivity index (χ1n) is 3.51. The maximum absolute atomic E-state index is 11.9. The fraction of sp³-hybridized carbons (Fsp3) is 0.667. The van der Waals surface area contributed by atoms with Crippen molar-refractivity contribution in [1.82, 2.24) is 10.2 Å². The first kappa shape index (κ1) is 10.2. The van der Waals surface area contributed by atoms with Crippen LogP contribution < -0.4 is 4.90 Å². The Bertz CT molecular complexity index is 268. The highest BCUT2D eigenvalue weighted by atomic mass is 35.5. The predicted octanol–water partition coefficient (Wildman–Crippen LogP) is 1.51. The van der Waals surface area contributed by atoms with Crippen molar-refractivity contribution in [2.75, 3.05) is 18.5 Å². The lowest BCUT2D eigenvalue weighted by atomic mass is 10.6. The Kier molecular flexibility index (Phi) is 3.41.